The van der Waals surface area contributed by atoms with Crippen LogP contribution in [0.2, 0.25) is 0 Å². The number of aliphatic hydroxyl groups excluding tert-OH is 1. The quantitative estimate of drug-likeness (QED) is 0.100. The SMILES string of the molecule is CCCCCCCCCCCCCOCC(C)OCC(C)OCC(C)OCC(C)OCCOCCOCCO. The topological polar surface area (TPSA) is 84.8 Å². The highest BCUT2D eigenvalue weighted by molar-refractivity contribution is 4.57. The van der Waals surface area contributed by atoms with E-state index in [2.05, 4.69) is 13.8 Å². The van der Waals surface area contributed by atoms with Crippen LogP contribution >= 0.6 is 0 Å². The van der Waals surface area contributed by atoms with E-state index in [1.807, 2.05) is 20.8 Å². The zero-order chi connectivity index (χ0) is 28.8. The molecule has 0 spiro atoms. The molecule has 8 heteroatoms. The Morgan fingerprint density at radius 1 is 0.410 bits per heavy atom. The summed E-state index contributed by atoms with van der Waals surface area (Å²) < 4.78 is 39.7. The molecule has 4 unspecified atom stereocenters. The molecule has 4 atom stereocenters. The van der Waals surface area contributed by atoms with E-state index < -0.39 is 0 Å². The Bertz CT molecular complexity index is 468. The van der Waals surface area contributed by atoms with E-state index in [1.54, 1.807) is 0 Å². The molecule has 0 aliphatic carbocycles. The first kappa shape index (κ1) is 38.7. The zero-order valence-electron chi connectivity index (χ0n) is 26.2. The van der Waals surface area contributed by atoms with Gasteiger partial charge in [-0.05, 0) is 34.1 Å². The molecule has 0 radical (unpaired) electrons. The second kappa shape index (κ2) is 30.6. The van der Waals surface area contributed by atoms with Crippen molar-refractivity contribution in [3.8, 4) is 0 Å². The minimum absolute atomic E-state index is 0.00248. The van der Waals surface area contributed by atoms with Crippen LogP contribution in [-0.2, 0) is 33.2 Å². The first-order chi connectivity index (χ1) is 19.0. The predicted octanol–water partition coefficient (Wildman–Crippen LogP) is 5.96. The Balaban J connectivity index is 3.50. The molecule has 0 aromatic rings. The van der Waals surface area contributed by atoms with Crippen molar-refractivity contribution in [1.29, 1.82) is 0 Å². The Morgan fingerprint density at radius 2 is 0.821 bits per heavy atom. The number of hydrogen-bond acceptors (Lipinski definition) is 8. The Hall–Kier alpha value is -0.320. The van der Waals surface area contributed by atoms with E-state index in [4.69, 9.17) is 38.3 Å². The molecule has 8 nitrogen and oxygen atoms in total. The van der Waals surface area contributed by atoms with Crippen molar-refractivity contribution in [2.24, 2.45) is 0 Å². The van der Waals surface area contributed by atoms with Gasteiger partial charge in [-0.2, -0.15) is 0 Å². The van der Waals surface area contributed by atoms with Crippen LogP contribution in [0.25, 0.3) is 0 Å². The molecule has 0 heterocycles. The Labute approximate surface area is 240 Å². The van der Waals surface area contributed by atoms with Crippen molar-refractivity contribution in [2.45, 2.75) is 130 Å². The van der Waals surface area contributed by atoms with E-state index in [-0.39, 0.29) is 31.0 Å². The van der Waals surface area contributed by atoms with Crippen molar-refractivity contribution in [1.82, 2.24) is 0 Å². The fourth-order valence-electron chi connectivity index (χ4n) is 3.90. The van der Waals surface area contributed by atoms with Crippen LogP contribution in [0.1, 0.15) is 105 Å². The van der Waals surface area contributed by atoms with Crippen molar-refractivity contribution < 1.29 is 38.3 Å². The minimum atomic E-state index is -0.0232. The standard InChI is InChI=1S/C31H64O8/c1-6-7-8-9-10-11-12-13-14-15-16-18-35-24-28(2)37-26-30(4)39-27-31(5)38-25-29(3)36-23-22-34-21-20-33-19-17-32/h28-32H,6-27H2,1-5H3. The second-order valence-electron chi connectivity index (χ2n) is 10.7. The first-order valence-electron chi connectivity index (χ1n) is 15.8. The highest BCUT2D eigenvalue weighted by Gasteiger charge is 2.11. The lowest BCUT2D eigenvalue weighted by molar-refractivity contribution is -0.0950. The van der Waals surface area contributed by atoms with Crippen molar-refractivity contribution >= 4 is 0 Å². The summed E-state index contributed by atoms with van der Waals surface area (Å²) in [7, 11) is 0. The average molecular weight is 565 g/mol. The van der Waals surface area contributed by atoms with Gasteiger partial charge in [-0.1, -0.05) is 71.1 Å². The summed E-state index contributed by atoms with van der Waals surface area (Å²) in [5.74, 6) is 0. The summed E-state index contributed by atoms with van der Waals surface area (Å²) in [6, 6.07) is 0. The molecule has 0 fully saturated rings. The van der Waals surface area contributed by atoms with Crippen molar-refractivity contribution in [3.05, 3.63) is 0 Å². The Kier molecular flexibility index (Phi) is 30.4. The fraction of sp³-hybridized carbons (Fsp3) is 1.00. The van der Waals surface area contributed by atoms with Gasteiger partial charge in [0, 0.05) is 6.61 Å². The van der Waals surface area contributed by atoms with Crippen LogP contribution in [-0.4, -0.2) is 102 Å². The number of hydrogen-bond donors (Lipinski definition) is 1. The number of unbranched alkanes of at least 4 members (excludes halogenated alkanes) is 10. The summed E-state index contributed by atoms with van der Waals surface area (Å²) >= 11 is 0. The summed E-state index contributed by atoms with van der Waals surface area (Å²) in [5, 5.41) is 8.63. The zero-order valence-corrected chi connectivity index (χ0v) is 26.2. The van der Waals surface area contributed by atoms with Gasteiger partial charge in [0.05, 0.1) is 90.5 Å². The minimum Gasteiger partial charge on any atom is -0.394 e. The van der Waals surface area contributed by atoms with Gasteiger partial charge in [0.1, 0.15) is 0 Å². The lowest BCUT2D eigenvalue weighted by atomic mass is 10.1. The van der Waals surface area contributed by atoms with Crippen molar-refractivity contribution in [3.63, 3.8) is 0 Å². The van der Waals surface area contributed by atoms with E-state index in [1.165, 1.54) is 64.2 Å². The van der Waals surface area contributed by atoms with Crippen LogP contribution in [0.15, 0.2) is 0 Å². The molecular formula is C31H64O8. The predicted molar refractivity (Wildman–Crippen MR) is 158 cm³/mol. The molecule has 0 saturated carbocycles. The average Bonchev–Trinajstić information content (AvgIpc) is 2.93. The first-order valence-corrected chi connectivity index (χ1v) is 15.8. The molecule has 0 aromatic heterocycles. The molecule has 0 saturated heterocycles. The van der Waals surface area contributed by atoms with E-state index in [9.17, 15) is 0 Å². The summed E-state index contributed by atoms with van der Waals surface area (Å²) in [6.07, 6.45) is 14.9. The van der Waals surface area contributed by atoms with Crippen LogP contribution < -0.4 is 0 Å². The third-order valence-electron chi connectivity index (χ3n) is 6.33. The van der Waals surface area contributed by atoms with Gasteiger partial charge >= 0.3 is 0 Å². The number of ether oxygens (including phenoxy) is 7. The van der Waals surface area contributed by atoms with E-state index in [0.29, 0.717) is 59.5 Å². The smallest absolute Gasteiger partial charge is 0.0781 e. The molecule has 0 aromatic carbocycles. The molecule has 236 valence electrons. The van der Waals surface area contributed by atoms with Crippen LogP contribution in [0.4, 0.5) is 0 Å². The lowest BCUT2D eigenvalue weighted by Gasteiger charge is -2.21. The van der Waals surface area contributed by atoms with Crippen LogP contribution in [0, 0.1) is 0 Å². The number of aliphatic hydroxyl groups is 1. The lowest BCUT2D eigenvalue weighted by Crippen LogP contribution is -2.28. The number of rotatable bonds is 32. The normalized spacial score (nSPS) is 14.9. The van der Waals surface area contributed by atoms with Gasteiger partial charge in [-0.25, -0.2) is 0 Å². The van der Waals surface area contributed by atoms with Crippen LogP contribution in [0.5, 0.6) is 0 Å². The molecule has 0 amide bonds. The van der Waals surface area contributed by atoms with Gasteiger partial charge in [0.15, 0.2) is 0 Å². The molecular weight excluding hydrogens is 500 g/mol. The van der Waals surface area contributed by atoms with Crippen LogP contribution in [0.3, 0.4) is 0 Å². The fourth-order valence-corrected chi connectivity index (χ4v) is 3.90. The largest absolute Gasteiger partial charge is 0.394 e. The third-order valence-corrected chi connectivity index (χ3v) is 6.33. The monoisotopic (exact) mass is 564 g/mol. The van der Waals surface area contributed by atoms with Gasteiger partial charge < -0.3 is 38.3 Å². The molecule has 1 N–H and O–H groups in total. The maximum atomic E-state index is 8.63. The molecule has 0 rings (SSSR count). The summed E-state index contributed by atoms with van der Waals surface area (Å²) in [5.41, 5.74) is 0. The van der Waals surface area contributed by atoms with Gasteiger partial charge in [-0.3, -0.25) is 0 Å². The Morgan fingerprint density at radius 3 is 1.33 bits per heavy atom. The third kappa shape index (κ3) is 30.5. The van der Waals surface area contributed by atoms with Gasteiger partial charge in [0.25, 0.3) is 0 Å². The van der Waals surface area contributed by atoms with E-state index in [0.717, 1.165) is 13.0 Å². The molecule has 0 bridgehead atoms. The van der Waals surface area contributed by atoms with Gasteiger partial charge in [-0.15, -0.1) is 0 Å². The maximum absolute atomic E-state index is 8.63. The van der Waals surface area contributed by atoms with E-state index >= 15 is 0 Å². The molecule has 0 aliphatic heterocycles. The highest BCUT2D eigenvalue weighted by atomic mass is 16.6. The molecule has 0 aliphatic rings. The van der Waals surface area contributed by atoms with Gasteiger partial charge in [0.2, 0.25) is 0 Å². The maximum Gasteiger partial charge on any atom is 0.0781 e. The summed E-state index contributed by atoms with van der Waals surface area (Å²) in [6.45, 7) is 15.7. The highest BCUT2D eigenvalue weighted by Crippen LogP contribution is 2.11. The molecule has 39 heavy (non-hydrogen) atoms. The second-order valence-corrected chi connectivity index (χ2v) is 10.7. The van der Waals surface area contributed by atoms with Crippen molar-refractivity contribution in [2.75, 3.05) is 72.7 Å². The summed E-state index contributed by atoms with van der Waals surface area (Å²) in [4.78, 5) is 0.